The van der Waals surface area contributed by atoms with E-state index in [-0.39, 0.29) is 6.04 Å². The van der Waals surface area contributed by atoms with Gasteiger partial charge in [0.2, 0.25) is 0 Å². The lowest BCUT2D eigenvalue weighted by Gasteiger charge is -2.10. The number of unbranched alkanes of at least 4 members (excludes halogenated alkanes) is 9. The molecule has 0 aliphatic carbocycles. The van der Waals surface area contributed by atoms with Crippen LogP contribution in [0, 0.1) is 6.92 Å². The Balaban J connectivity index is 1.95. The second-order valence-corrected chi connectivity index (χ2v) is 6.16. The number of aromatic nitrogens is 2. The summed E-state index contributed by atoms with van der Waals surface area (Å²) in [6.07, 6.45) is 18.3. The normalized spacial score (nSPS) is 12.5. The van der Waals surface area contributed by atoms with Crippen molar-refractivity contribution >= 4 is 0 Å². The van der Waals surface area contributed by atoms with Crippen LogP contribution in [0.3, 0.4) is 0 Å². The van der Waals surface area contributed by atoms with Gasteiger partial charge in [-0.15, -0.1) is 0 Å². The molecule has 0 aliphatic heterocycles. The summed E-state index contributed by atoms with van der Waals surface area (Å²) in [6, 6.07) is 0.0483. The monoisotopic (exact) mass is 291 g/mol. The second kappa shape index (κ2) is 11.7. The van der Waals surface area contributed by atoms with Gasteiger partial charge in [0.1, 0.15) is 0 Å². The third-order valence-corrected chi connectivity index (χ3v) is 4.05. The molecule has 0 aliphatic rings. The van der Waals surface area contributed by atoms with E-state index in [1.165, 1.54) is 64.2 Å². The topological polar surface area (TPSA) is 51.8 Å². The van der Waals surface area contributed by atoms with Crippen molar-refractivity contribution < 1.29 is 0 Å². The number of nitrogens with zero attached hydrogens (tertiary/aromatic N) is 2. The summed E-state index contributed by atoms with van der Waals surface area (Å²) in [5, 5.41) is 0. The molecule has 1 atom stereocenters. The molecule has 0 saturated heterocycles. The number of rotatable bonds is 12. The van der Waals surface area contributed by atoms with Crippen LogP contribution in [0.15, 0.2) is 12.4 Å². The summed E-state index contributed by atoms with van der Waals surface area (Å²) in [6.45, 7) is 4.22. The SMILES string of the molecule is CCCCCCCCCCCCC(N)c1cnc(C)cn1. The van der Waals surface area contributed by atoms with Crippen LogP contribution in [0.1, 0.15) is 95.0 Å². The molecule has 1 heterocycles. The van der Waals surface area contributed by atoms with Crippen molar-refractivity contribution in [2.75, 3.05) is 0 Å². The van der Waals surface area contributed by atoms with Crippen molar-refractivity contribution in [1.29, 1.82) is 0 Å². The van der Waals surface area contributed by atoms with Crippen LogP contribution in [0.4, 0.5) is 0 Å². The summed E-state index contributed by atoms with van der Waals surface area (Å²) in [5.41, 5.74) is 8.03. The first kappa shape index (κ1) is 18.1. The summed E-state index contributed by atoms with van der Waals surface area (Å²) < 4.78 is 0. The maximum Gasteiger partial charge on any atom is 0.0754 e. The molecule has 0 aromatic carbocycles. The Bertz CT molecular complexity index is 348. The average Bonchev–Trinajstić information content (AvgIpc) is 2.49. The fraction of sp³-hybridized carbons (Fsp3) is 0.778. The highest BCUT2D eigenvalue weighted by molar-refractivity contribution is 5.04. The highest BCUT2D eigenvalue weighted by Crippen LogP contribution is 2.16. The van der Waals surface area contributed by atoms with Crippen molar-refractivity contribution in [2.45, 2.75) is 90.5 Å². The van der Waals surface area contributed by atoms with Crippen LogP contribution in [0.2, 0.25) is 0 Å². The number of aryl methyl sites for hydroxylation is 1. The Labute approximate surface area is 130 Å². The maximum atomic E-state index is 6.15. The van der Waals surface area contributed by atoms with Gasteiger partial charge in [-0.2, -0.15) is 0 Å². The number of nitrogens with two attached hydrogens (primary N) is 1. The van der Waals surface area contributed by atoms with E-state index in [0.29, 0.717) is 0 Å². The van der Waals surface area contributed by atoms with Gasteiger partial charge in [-0.25, -0.2) is 0 Å². The molecule has 0 spiro atoms. The fourth-order valence-electron chi connectivity index (χ4n) is 2.59. The molecular weight excluding hydrogens is 258 g/mol. The van der Waals surface area contributed by atoms with Crippen molar-refractivity contribution in [2.24, 2.45) is 5.73 Å². The van der Waals surface area contributed by atoms with Gasteiger partial charge in [-0.3, -0.25) is 9.97 Å². The smallest absolute Gasteiger partial charge is 0.0754 e. The van der Waals surface area contributed by atoms with Crippen LogP contribution in [-0.4, -0.2) is 9.97 Å². The Hall–Kier alpha value is -0.960. The lowest BCUT2D eigenvalue weighted by molar-refractivity contribution is 0.524. The maximum absolute atomic E-state index is 6.15. The van der Waals surface area contributed by atoms with Crippen LogP contribution in [-0.2, 0) is 0 Å². The first-order valence-electron chi connectivity index (χ1n) is 8.78. The molecule has 2 N–H and O–H groups in total. The number of hydrogen-bond acceptors (Lipinski definition) is 3. The number of hydrogen-bond donors (Lipinski definition) is 1. The van der Waals surface area contributed by atoms with Crippen molar-refractivity contribution in [1.82, 2.24) is 9.97 Å². The van der Waals surface area contributed by atoms with Crippen LogP contribution >= 0.6 is 0 Å². The lowest BCUT2D eigenvalue weighted by Crippen LogP contribution is -2.12. The van der Waals surface area contributed by atoms with Gasteiger partial charge < -0.3 is 5.73 Å². The lowest BCUT2D eigenvalue weighted by atomic mass is 10.0. The van der Waals surface area contributed by atoms with Gasteiger partial charge in [-0.1, -0.05) is 71.1 Å². The summed E-state index contributed by atoms with van der Waals surface area (Å²) in [4.78, 5) is 8.61. The molecule has 0 amide bonds. The van der Waals surface area contributed by atoms with Gasteiger partial charge >= 0.3 is 0 Å². The molecule has 0 bridgehead atoms. The minimum absolute atomic E-state index is 0.0483. The van der Waals surface area contributed by atoms with Crippen LogP contribution < -0.4 is 5.73 Å². The van der Waals surface area contributed by atoms with E-state index in [0.717, 1.165) is 17.8 Å². The summed E-state index contributed by atoms with van der Waals surface area (Å²) in [5.74, 6) is 0. The zero-order valence-electron chi connectivity index (χ0n) is 14.0. The van der Waals surface area contributed by atoms with E-state index in [2.05, 4.69) is 16.9 Å². The first-order chi connectivity index (χ1) is 10.2. The van der Waals surface area contributed by atoms with Crippen LogP contribution in [0.5, 0.6) is 0 Å². The standard InChI is InChI=1S/C18H33N3/c1-3-4-5-6-7-8-9-10-11-12-13-17(19)18-15-20-16(2)14-21-18/h14-15,17H,3-13,19H2,1-2H3. The Morgan fingerprint density at radius 3 is 1.95 bits per heavy atom. The first-order valence-corrected chi connectivity index (χ1v) is 8.78. The summed E-state index contributed by atoms with van der Waals surface area (Å²) >= 11 is 0. The van der Waals surface area contributed by atoms with Crippen LogP contribution in [0.25, 0.3) is 0 Å². The second-order valence-electron chi connectivity index (χ2n) is 6.16. The Morgan fingerprint density at radius 2 is 1.43 bits per heavy atom. The Kier molecular flexibility index (Phi) is 10.1. The van der Waals surface area contributed by atoms with Gasteiger partial charge in [-0.05, 0) is 13.3 Å². The third kappa shape index (κ3) is 8.82. The molecule has 0 fully saturated rings. The zero-order valence-corrected chi connectivity index (χ0v) is 14.0. The van der Waals surface area contributed by atoms with Crippen molar-refractivity contribution in [3.05, 3.63) is 23.8 Å². The largest absolute Gasteiger partial charge is 0.323 e. The minimum atomic E-state index is 0.0483. The van der Waals surface area contributed by atoms with E-state index in [1.54, 1.807) is 6.20 Å². The quantitative estimate of drug-likeness (QED) is 0.545. The molecule has 0 saturated carbocycles. The highest BCUT2D eigenvalue weighted by atomic mass is 14.8. The molecule has 120 valence electrons. The molecule has 0 radical (unpaired) electrons. The van der Waals surface area contributed by atoms with Gasteiger partial charge in [0, 0.05) is 12.2 Å². The highest BCUT2D eigenvalue weighted by Gasteiger charge is 2.07. The van der Waals surface area contributed by atoms with Gasteiger partial charge in [0.15, 0.2) is 0 Å². The molecule has 21 heavy (non-hydrogen) atoms. The molecular formula is C18H33N3. The minimum Gasteiger partial charge on any atom is -0.323 e. The molecule has 1 rings (SSSR count). The molecule has 1 aromatic rings. The van der Waals surface area contributed by atoms with E-state index in [9.17, 15) is 0 Å². The van der Waals surface area contributed by atoms with E-state index in [1.807, 2.05) is 13.1 Å². The van der Waals surface area contributed by atoms with Crippen molar-refractivity contribution in [3.63, 3.8) is 0 Å². The molecule has 3 heteroatoms. The predicted molar refractivity (Wildman–Crippen MR) is 90.2 cm³/mol. The fourth-order valence-corrected chi connectivity index (χ4v) is 2.59. The molecule has 1 aromatic heterocycles. The van der Waals surface area contributed by atoms with E-state index < -0.39 is 0 Å². The van der Waals surface area contributed by atoms with Gasteiger partial charge in [0.25, 0.3) is 0 Å². The molecule has 1 unspecified atom stereocenters. The van der Waals surface area contributed by atoms with E-state index in [4.69, 9.17) is 5.73 Å². The van der Waals surface area contributed by atoms with Gasteiger partial charge in [0.05, 0.1) is 17.6 Å². The predicted octanol–water partition coefficient (Wildman–Crippen LogP) is 5.10. The Morgan fingerprint density at radius 1 is 0.857 bits per heavy atom. The van der Waals surface area contributed by atoms with E-state index >= 15 is 0 Å². The average molecular weight is 291 g/mol. The molecule has 3 nitrogen and oxygen atoms in total. The summed E-state index contributed by atoms with van der Waals surface area (Å²) in [7, 11) is 0. The third-order valence-electron chi connectivity index (χ3n) is 4.05. The van der Waals surface area contributed by atoms with Crippen molar-refractivity contribution in [3.8, 4) is 0 Å². The zero-order chi connectivity index (χ0) is 15.3.